The van der Waals surface area contributed by atoms with E-state index in [0.29, 0.717) is 22.9 Å². The number of hydrogen-bond donors (Lipinski definition) is 0. The van der Waals surface area contributed by atoms with Crippen molar-refractivity contribution in [1.29, 1.82) is 0 Å². The quantitative estimate of drug-likeness (QED) is 0.378. The minimum Gasteiger partial charge on any atom is -0.337 e. The fourth-order valence-corrected chi connectivity index (χ4v) is 4.73. The lowest BCUT2D eigenvalue weighted by atomic mass is 10.3. The van der Waals surface area contributed by atoms with Gasteiger partial charge in [0.2, 0.25) is 5.91 Å². The number of nitrogens with zero attached hydrogens (tertiary/aromatic N) is 4. The molecule has 8 heteroatoms. The minimum absolute atomic E-state index is 0.0380. The SMILES string of the molecule is O=C(CSc1ccccc1)N(CCCn1ccnc1)c1nc2c(F)cccc2s1. The van der Waals surface area contributed by atoms with Gasteiger partial charge in [0.1, 0.15) is 11.3 Å². The molecule has 4 rings (SSSR count). The molecule has 0 aliphatic heterocycles. The zero-order valence-electron chi connectivity index (χ0n) is 15.6. The Morgan fingerprint density at radius 3 is 2.79 bits per heavy atom. The number of thiazole rings is 1. The van der Waals surface area contributed by atoms with Gasteiger partial charge < -0.3 is 4.57 Å². The summed E-state index contributed by atoms with van der Waals surface area (Å²) in [4.78, 5) is 24.2. The molecule has 0 saturated carbocycles. The molecule has 0 bridgehead atoms. The molecule has 0 radical (unpaired) electrons. The van der Waals surface area contributed by atoms with Gasteiger partial charge in [-0.25, -0.2) is 14.4 Å². The van der Waals surface area contributed by atoms with Gasteiger partial charge >= 0.3 is 0 Å². The molecule has 0 unspecified atom stereocenters. The van der Waals surface area contributed by atoms with Crippen molar-refractivity contribution in [3.8, 4) is 0 Å². The average Bonchev–Trinajstić information content (AvgIpc) is 3.41. The Kier molecular flexibility index (Phi) is 6.21. The highest BCUT2D eigenvalue weighted by Crippen LogP contribution is 2.31. The zero-order valence-corrected chi connectivity index (χ0v) is 17.2. The first-order valence-corrected chi connectivity index (χ1v) is 11.0. The van der Waals surface area contributed by atoms with E-state index in [0.717, 1.165) is 22.6 Å². The monoisotopic (exact) mass is 426 g/mol. The van der Waals surface area contributed by atoms with Crippen LogP contribution in [0.1, 0.15) is 6.42 Å². The number of carbonyl (C=O) groups excluding carboxylic acids is 1. The molecule has 0 aliphatic carbocycles. The number of benzene rings is 2. The van der Waals surface area contributed by atoms with Gasteiger partial charge in [-0.1, -0.05) is 35.6 Å². The van der Waals surface area contributed by atoms with Crippen LogP contribution in [0.3, 0.4) is 0 Å². The van der Waals surface area contributed by atoms with Crippen LogP contribution in [-0.2, 0) is 11.3 Å². The second kappa shape index (κ2) is 9.19. The van der Waals surface area contributed by atoms with E-state index in [4.69, 9.17) is 0 Å². The third-order valence-corrected chi connectivity index (χ3v) is 6.39. The Balaban J connectivity index is 1.52. The largest absolute Gasteiger partial charge is 0.337 e. The number of carbonyl (C=O) groups is 1. The predicted molar refractivity (Wildman–Crippen MR) is 116 cm³/mol. The predicted octanol–water partition coefficient (Wildman–Crippen LogP) is 4.85. The van der Waals surface area contributed by atoms with E-state index in [1.165, 1.54) is 29.2 Å². The molecule has 148 valence electrons. The molecular weight excluding hydrogens is 407 g/mol. The van der Waals surface area contributed by atoms with Crippen molar-refractivity contribution in [1.82, 2.24) is 14.5 Å². The second-order valence-corrected chi connectivity index (χ2v) is 8.44. The molecule has 0 aliphatic rings. The van der Waals surface area contributed by atoms with Crippen LogP contribution in [0.4, 0.5) is 9.52 Å². The summed E-state index contributed by atoms with van der Waals surface area (Å²) >= 11 is 2.83. The van der Waals surface area contributed by atoms with Crippen molar-refractivity contribution >= 4 is 44.4 Å². The summed E-state index contributed by atoms with van der Waals surface area (Å²) in [5.41, 5.74) is 0.315. The van der Waals surface area contributed by atoms with Gasteiger partial charge in [-0.15, -0.1) is 11.8 Å². The molecule has 5 nitrogen and oxygen atoms in total. The number of fused-ring (bicyclic) bond motifs is 1. The number of rotatable bonds is 8. The summed E-state index contributed by atoms with van der Waals surface area (Å²) in [5.74, 6) is -0.105. The van der Waals surface area contributed by atoms with Gasteiger partial charge in [0.25, 0.3) is 0 Å². The summed E-state index contributed by atoms with van der Waals surface area (Å²) in [5, 5.41) is 0.536. The van der Waals surface area contributed by atoms with Gasteiger partial charge in [-0.2, -0.15) is 0 Å². The maximum Gasteiger partial charge on any atom is 0.239 e. The second-order valence-electron chi connectivity index (χ2n) is 6.38. The van der Waals surface area contributed by atoms with Crippen LogP contribution >= 0.6 is 23.1 Å². The normalized spacial score (nSPS) is 11.1. The first-order chi connectivity index (χ1) is 14.2. The van der Waals surface area contributed by atoms with Gasteiger partial charge in [-0.05, 0) is 30.7 Å². The number of hydrogen-bond acceptors (Lipinski definition) is 5. The van der Waals surface area contributed by atoms with Gasteiger partial charge in [-0.3, -0.25) is 9.69 Å². The van der Waals surface area contributed by atoms with Crippen LogP contribution in [0.15, 0.2) is 72.1 Å². The third kappa shape index (κ3) is 4.83. The van der Waals surface area contributed by atoms with Crippen LogP contribution in [-0.4, -0.2) is 32.7 Å². The highest BCUT2D eigenvalue weighted by atomic mass is 32.2. The Bertz CT molecular complexity index is 1080. The van der Waals surface area contributed by atoms with Crippen molar-refractivity contribution in [2.45, 2.75) is 17.9 Å². The smallest absolute Gasteiger partial charge is 0.239 e. The molecule has 4 aromatic rings. The van der Waals surface area contributed by atoms with Crippen molar-refractivity contribution in [2.75, 3.05) is 17.2 Å². The van der Waals surface area contributed by atoms with Crippen LogP contribution in [0.5, 0.6) is 0 Å². The van der Waals surface area contributed by atoms with Crippen molar-refractivity contribution < 1.29 is 9.18 Å². The summed E-state index contributed by atoms with van der Waals surface area (Å²) in [6.07, 6.45) is 6.13. The molecule has 0 N–H and O–H groups in total. The number of anilines is 1. The highest BCUT2D eigenvalue weighted by molar-refractivity contribution is 8.00. The lowest BCUT2D eigenvalue weighted by molar-refractivity contribution is -0.116. The molecule has 2 aromatic carbocycles. The van der Waals surface area contributed by atoms with Crippen molar-refractivity contribution in [2.24, 2.45) is 0 Å². The Morgan fingerprint density at radius 1 is 1.17 bits per heavy atom. The zero-order chi connectivity index (χ0) is 20.1. The van der Waals surface area contributed by atoms with Gasteiger partial charge in [0.15, 0.2) is 5.13 Å². The maximum absolute atomic E-state index is 14.1. The summed E-state index contributed by atoms with van der Waals surface area (Å²) in [7, 11) is 0. The molecular formula is C21H19FN4OS2. The first kappa shape index (κ1) is 19.6. The molecule has 0 spiro atoms. The molecule has 0 saturated heterocycles. The number of thioether (sulfide) groups is 1. The van der Waals surface area contributed by atoms with E-state index in [1.807, 2.05) is 47.2 Å². The summed E-state index contributed by atoms with van der Waals surface area (Å²) in [6.45, 7) is 1.25. The van der Waals surface area contributed by atoms with Crippen molar-refractivity contribution in [3.05, 3.63) is 73.1 Å². The van der Waals surface area contributed by atoms with Gasteiger partial charge in [0, 0.05) is 30.4 Å². The third-order valence-electron chi connectivity index (χ3n) is 4.35. The standard InChI is InChI=1S/C21H19FN4OS2/c22-17-8-4-9-18-20(17)24-21(29-18)26(12-5-11-25-13-10-23-15-25)19(27)14-28-16-6-2-1-3-7-16/h1-4,6-10,13,15H,5,11-12,14H2. The molecule has 2 heterocycles. The molecule has 0 fully saturated rings. The highest BCUT2D eigenvalue weighted by Gasteiger charge is 2.20. The van der Waals surface area contributed by atoms with E-state index < -0.39 is 0 Å². The molecule has 29 heavy (non-hydrogen) atoms. The van der Waals surface area contributed by atoms with Gasteiger partial charge in [0.05, 0.1) is 16.8 Å². The topological polar surface area (TPSA) is 51.0 Å². The average molecular weight is 427 g/mol. The first-order valence-electron chi connectivity index (χ1n) is 9.20. The Labute approximate surface area is 176 Å². The maximum atomic E-state index is 14.1. The van der Waals surface area contributed by atoms with Crippen LogP contribution < -0.4 is 4.90 Å². The number of amides is 1. The number of para-hydroxylation sites is 1. The van der Waals surface area contributed by atoms with E-state index in [-0.39, 0.29) is 11.7 Å². The van der Waals surface area contributed by atoms with E-state index in [9.17, 15) is 9.18 Å². The van der Waals surface area contributed by atoms with Crippen molar-refractivity contribution in [3.63, 3.8) is 0 Å². The summed E-state index contributed by atoms with van der Waals surface area (Å²) < 4.78 is 16.8. The minimum atomic E-state index is -0.366. The fourth-order valence-electron chi connectivity index (χ4n) is 2.92. The number of aromatic nitrogens is 3. The number of imidazole rings is 1. The fraction of sp³-hybridized carbons (Fsp3) is 0.190. The van der Waals surface area contributed by atoms with Crippen LogP contribution in [0.2, 0.25) is 0 Å². The van der Waals surface area contributed by atoms with E-state index >= 15 is 0 Å². The lowest BCUT2D eigenvalue weighted by Gasteiger charge is -2.20. The lowest BCUT2D eigenvalue weighted by Crippen LogP contribution is -2.33. The van der Waals surface area contributed by atoms with Crippen LogP contribution in [0, 0.1) is 5.82 Å². The summed E-state index contributed by atoms with van der Waals surface area (Å²) in [6, 6.07) is 14.7. The Hall–Kier alpha value is -2.71. The van der Waals surface area contributed by atoms with E-state index in [1.54, 1.807) is 23.5 Å². The Morgan fingerprint density at radius 2 is 2.03 bits per heavy atom. The number of halogens is 1. The molecule has 2 aromatic heterocycles. The molecule has 1 amide bonds. The van der Waals surface area contributed by atoms with Crippen LogP contribution in [0.25, 0.3) is 10.2 Å². The molecule has 0 atom stereocenters. The number of aryl methyl sites for hydroxylation is 1. The van der Waals surface area contributed by atoms with E-state index in [2.05, 4.69) is 9.97 Å².